The molecule has 0 atom stereocenters. The van der Waals surface area contributed by atoms with Gasteiger partial charge in [0.15, 0.2) is 0 Å². The van der Waals surface area contributed by atoms with E-state index in [4.69, 9.17) is 11.6 Å². The fourth-order valence-electron chi connectivity index (χ4n) is 2.21. The van der Waals surface area contributed by atoms with Crippen molar-refractivity contribution in [3.8, 4) is 0 Å². The molecule has 0 bridgehead atoms. The predicted molar refractivity (Wildman–Crippen MR) is 89.3 cm³/mol. The molecule has 2 heterocycles. The fraction of sp³-hybridized carbons (Fsp3) is 0.214. The van der Waals surface area contributed by atoms with E-state index in [1.807, 2.05) is 12.1 Å². The Kier molecular flexibility index (Phi) is 4.29. The summed E-state index contributed by atoms with van der Waals surface area (Å²) in [5.74, 6) is 0.00668. The molecule has 3 aromatic rings. The van der Waals surface area contributed by atoms with Gasteiger partial charge in [-0.05, 0) is 24.6 Å². The smallest absolute Gasteiger partial charge is 0.267 e. The first kappa shape index (κ1) is 16.5. The van der Waals surface area contributed by atoms with Crippen LogP contribution in [0.2, 0.25) is 5.02 Å². The lowest BCUT2D eigenvalue weighted by Gasteiger charge is -2.03. The highest BCUT2D eigenvalue weighted by Crippen LogP contribution is 2.16. The van der Waals surface area contributed by atoms with Gasteiger partial charge in [-0.1, -0.05) is 23.7 Å². The molecule has 0 aliphatic rings. The SMILES string of the molecule is Cc1nn(C)cc1S(=O)(=O)Nc1ncn(Cc2ccc(Cl)cc2)n1. The summed E-state index contributed by atoms with van der Waals surface area (Å²) >= 11 is 5.85. The topological polar surface area (TPSA) is 94.7 Å². The zero-order valence-corrected chi connectivity index (χ0v) is 14.6. The maximum absolute atomic E-state index is 12.4. The monoisotopic (exact) mass is 366 g/mol. The Labute approximate surface area is 144 Å². The molecule has 0 amide bonds. The van der Waals surface area contributed by atoms with Gasteiger partial charge in [-0.25, -0.2) is 17.8 Å². The number of hydrogen-bond acceptors (Lipinski definition) is 5. The number of nitrogens with zero attached hydrogens (tertiary/aromatic N) is 5. The summed E-state index contributed by atoms with van der Waals surface area (Å²) in [6.45, 7) is 2.08. The number of aryl methyl sites for hydroxylation is 2. The van der Waals surface area contributed by atoms with Crippen LogP contribution in [0, 0.1) is 6.92 Å². The number of anilines is 1. The van der Waals surface area contributed by atoms with E-state index in [0.717, 1.165) is 5.56 Å². The van der Waals surface area contributed by atoms with Crippen molar-refractivity contribution in [2.75, 3.05) is 4.72 Å². The van der Waals surface area contributed by atoms with E-state index < -0.39 is 10.0 Å². The zero-order chi connectivity index (χ0) is 17.3. The quantitative estimate of drug-likeness (QED) is 0.743. The standard InChI is InChI=1S/C14H15ClN6O2S/c1-10-13(8-20(2)17-10)24(22,23)19-14-16-9-21(18-14)7-11-3-5-12(15)6-4-11/h3-6,8-9H,7H2,1-2H3,(H,18,19). The lowest BCUT2D eigenvalue weighted by molar-refractivity contribution is 0.600. The second-order valence-electron chi connectivity index (χ2n) is 5.25. The lowest BCUT2D eigenvalue weighted by atomic mass is 10.2. The van der Waals surface area contributed by atoms with E-state index in [2.05, 4.69) is 19.9 Å². The molecule has 8 nitrogen and oxygen atoms in total. The average Bonchev–Trinajstić information content (AvgIpc) is 3.07. The Bertz CT molecular complexity index is 962. The number of nitrogens with one attached hydrogen (secondary N) is 1. The molecular formula is C14H15ClN6O2S. The molecule has 0 fully saturated rings. The molecular weight excluding hydrogens is 352 g/mol. The van der Waals surface area contributed by atoms with Crippen LogP contribution in [0.3, 0.4) is 0 Å². The minimum atomic E-state index is -3.78. The minimum Gasteiger partial charge on any atom is -0.274 e. The molecule has 1 N–H and O–H groups in total. The van der Waals surface area contributed by atoms with Gasteiger partial charge >= 0.3 is 0 Å². The summed E-state index contributed by atoms with van der Waals surface area (Å²) in [4.78, 5) is 4.08. The molecule has 0 radical (unpaired) electrons. The van der Waals surface area contributed by atoms with Crippen LogP contribution in [0.25, 0.3) is 0 Å². The van der Waals surface area contributed by atoms with Gasteiger partial charge in [0.2, 0.25) is 0 Å². The van der Waals surface area contributed by atoms with E-state index in [1.54, 1.807) is 26.1 Å². The molecule has 1 aromatic carbocycles. The summed E-state index contributed by atoms with van der Waals surface area (Å²) in [5.41, 5.74) is 1.38. The van der Waals surface area contributed by atoms with Crippen molar-refractivity contribution in [3.63, 3.8) is 0 Å². The highest BCUT2D eigenvalue weighted by Gasteiger charge is 2.21. The van der Waals surface area contributed by atoms with E-state index in [1.165, 1.54) is 21.9 Å². The summed E-state index contributed by atoms with van der Waals surface area (Å²) in [6.07, 6.45) is 2.89. The second-order valence-corrected chi connectivity index (χ2v) is 7.34. The van der Waals surface area contributed by atoms with Crippen LogP contribution in [-0.2, 0) is 23.6 Å². The maximum atomic E-state index is 12.4. The van der Waals surface area contributed by atoms with Crippen LogP contribution in [-0.4, -0.2) is 33.0 Å². The number of hydrogen-bond donors (Lipinski definition) is 1. The minimum absolute atomic E-state index is 0.00668. The Balaban J connectivity index is 1.76. The van der Waals surface area contributed by atoms with Crippen molar-refractivity contribution in [3.05, 3.63) is 53.1 Å². The first-order chi connectivity index (χ1) is 11.3. The fourth-order valence-corrected chi connectivity index (χ4v) is 3.50. The molecule has 0 spiro atoms. The van der Waals surface area contributed by atoms with Crippen molar-refractivity contribution >= 4 is 27.6 Å². The Morgan fingerprint density at radius 2 is 1.92 bits per heavy atom. The number of sulfonamides is 1. The third kappa shape index (κ3) is 3.57. The van der Waals surface area contributed by atoms with Gasteiger partial charge in [0.05, 0.1) is 12.2 Å². The predicted octanol–water partition coefficient (Wildman–Crippen LogP) is 1.82. The van der Waals surface area contributed by atoms with Crippen LogP contribution in [0.1, 0.15) is 11.3 Å². The third-order valence-corrected chi connectivity index (χ3v) is 4.96. The van der Waals surface area contributed by atoms with Crippen LogP contribution in [0.15, 0.2) is 41.7 Å². The van der Waals surface area contributed by atoms with Crippen molar-refractivity contribution in [1.29, 1.82) is 0 Å². The van der Waals surface area contributed by atoms with Crippen LogP contribution in [0.4, 0.5) is 5.95 Å². The van der Waals surface area contributed by atoms with Crippen molar-refractivity contribution in [1.82, 2.24) is 24.5 Å². The van der Waals surface area contributed by atoms with Crippen molar-refractivity contribution in [2.24, 2.45) is 7.05 Å². The molecule has 0 saturated heterocycles. The van der Waals surface area contributed by atoms with Crippen LogP contribution < -0.4 is 4.72 Å². The van der Waals surface area contributed by atoms with E-state index in [-0.39, 0.29) is 10.8 Å². The molecule has 126 valence electrons. The molecule has 0 unspecified atom stereocenters. The Morgan fingerprint density at radius 1 is 1.21 bits per heavy atom. The van der Waals surface area contributed by atoms with Crippen molar-refractivity contribution in [2.45, 2.75) is 18.4 Å². The highest BCUT2D eigenvalue weighted by atomic mass is 35.5. The summed E-state index contributed by atoms with van der Waals surface area (Å²) < 4.78 is 30.1. The highest BCUT2D eigenvalue weighted by molar-refractivity contribution is 7.92. The largest absolute Gasteiger partial charge is 0.274 e. The molecule has 0 aliphatic carbocycles. The number of halogens is 1. The van der Waals surface area contributed by atoms with Gasteiger partial charge in [-0.2, -0.15) is 10.1 Å². The molecule has 10 heteroatoms. The van der Waals surface area contributed by atoms with Crippen LogP contribution >= 0.6 is 11.6 Å². The van der Waals surface area contributed by atoms with Gasteiger partial charge < -0.3 is 0 Å². The lowest BCUT2D eigenvalue weighted by Crippen LogP contribution is -2.15. The molecule has 2 aromatic heterocycles. The van der Waals surface area contributed by atoms with Crippen LogP contribution in [0.5, 0.6) is 0 Å². The molecule has 3 rings (SSSR count). The van der Waals surface area contributed by atoms with Gasteiger partial charge in [0.25, 0.3) is 16.0 Å². The number of rotatable bonds is 5. The van der Waals surface area contributed by atoms with E-state index in [9.17, 15) is 8.42 Å². The third-order valence-electron chi connectivity index (χ3n) is 3.28. The van der Waals surface area contributed by atoms with Crippen molar-refractivity contribution < 1.29 is 8.42 Å². The van der Waals surface area contributed by atoms with Gasteiger partial charge in [0.1, 0.15) is 11.2 Å². The summed E-state index contributed by atoms with van der Waals surface area (Å²) in [7, 11) is -2.12. The zero-order valence-electron chi connectivity index (χ0n) is 13.0. The Morgan fingerprint density at radius 3 is 2.54 bits per heavy atom. The van der Waals surface area contributed by atoms with E-state index >= 15 is 0 Å². The summed E-state index contributed by atoms with van der Waals surface area (Å²) in [6, 6.07) is 7.30. The first-order valence-electron chi connectivity index (χ1n) is 7.00. The van der Waals surface area contributed by atoms with Gasteiger partial charge in [-0.3, -0.25) is 4.68 Å². The van der Waals surface area contributed by atoms with Gasteiger partial charge in [0, 0.05) is 18.3 Å². The van der Waals surface area contributed by atoms with E-state index in [0.29, 0.717) is 17.3 Å². The Hall–Kier alpha value is -2.39. The normalized spacial score (nSPS) is 11.6. The van der Waals surface area contributed by atoms with Gasteiger partial charge in [-0.15, -0.1) is 5.10 Å². The maximum Gasteiger partial charge on any atom is 0.267 e. The number of benzene rings is 1. The molecule has 24 heavy (non-hydrogen) atoms. The summed E-state index contributed by atoms with van der Waals surface area (Å²) in [5, 5.41) is 8.81. The second kappa shape index (κ2) is 6.25. The molecule has 0 aliphatic heterocycles. The average molecular weight is 367 g/mol. The number of aromatic nitrogens is 5. The molecule has 0 saturated carbocycles. The first-order valence-corrected chi connectivity index (χ1v) is 8.86.